The second-order valence-electron chi connectivity index (χ2n) is 5.51. The standard InChI is InChI=1S/C19H24ClN/c1-4-19(5-2,16-11-7-6-8-12-16)18(21-3)15-10-9-13-17(20)14-15/h6-14,18,21H,4-5H2,1-3H3. The molecule has 0 aliphatic carbocycles. The lowest BCUT2D eigenvalue weighted by Gasteiger charge is -2.40. The molecule has 2 aromatic carbocycles. The lowest BCUT2D eigenvalue weighted by molar-refractivity contribution is 0.287. The number of halogens is 1. The fourth-order valence-electron chi connectivity index (χ4n) is 3.45. The van der Waals surface area contributed by atoms with E-state index >= 15 is 0 Å². The van der Waals surface area contributed by atoms with Gasteiger partial charge in [0, 0.05) is 16.5 Å². The van der Waals surface area contributed by atoms with Gasteiger partial charge in [0.1, 0.15) is 0 Å². The molecular formula is C19H24ClN. The molecule has 0 fully saturated rings. The number of benzene rings is 2. The SMILES string of the molecule is CCC(CC)(c1ccccc1)C(NC)c1cccc(Cl)c1. The highest BCUT2D eigenvalue weighted by atomic mass is 35.5. The van der Waals surface area contributed by atoms with E-state index < -0.39 is 0 Å². The minimum absolute atomic E-state index is 0.0701. The first-order chi connectivity index (χ1) is 10.2. The summed E-state index contributed by atoms with van der Waals surface area (Å²) in [6.45, 7) is 4.54. The van der Waals surface area contributed by atoms with Crippen molar-refractivity contribution >= 4 is 11.6 Å². The van der Waals surface area contributed by atoms with Crippen LogP contribution in [0.2, 0.25) is 5.02 Å². The Labute approximate surface area is 133 Å². The van der Waals surface area contributed by atoms with Crippen LogP contribution in [0.4, 0.5) is 0 Å². The monoisotopic (exact) mass is 301 g/mol. The van der Waals surface area contributed by atoms with E-state index in [1.165, 1.54) is 11.1 Å². The number of likely N-dealkylation sites (N-methyl/N-ethyl adjacent to an activating group) is 1. The normalized spacial score (nSPS) is 13.1. The van der Waals surface area contributed by atoms with E-state index in [1.54, 1.807) is 0 Å². The lowest BCUT2D eigenvalue weighted by Crippen LogP contribution is -2.39. The number of nitrogens with one attached hydrogen (secondary N) is 1. The molecule has 1 nitrogen and oxygen atoms in total. The molecule has 0 aliphatic heterocycles. The molecule has 2 aromatic rings. The molecule has 2 rings (SSSR count). The Bertz CT molecular complexity index is 561. The van der Waals surface area contributed by atoms with Gasteiger partial charge >= 0.3 is 0 Å². The van der Waals surface area contributed by atoms with Crippen LogP contribution in [0.15, 0.2) is 54.6 Å². The van der Waals surface area contributed by atoms with Crippen molar-refractivity contribution in [2.75, 3.05) is 7.05 Å². The lowest BCUT2D eigenvalue weighted by atomic mass is 9.68. The third-order valence-corrected chi connectivity index (χ3v) is 4.87. The molecule has 0 saturated heterocycles. The summed E-state index contributed by atoms with van der Waals surface area (Å²) in [7, 11) is 2.04. The van der Waals surface area contributed by atoms with Crippen molar-refractivity contribution in [2.24, 2.45) is 0 Å². The minimum Gasteiger partial charge on any atom is -0.312 e. The van der Waals surface area contributed by atoms with Crippen molar-refractivity contribution in [1.82, 2.24) is 5.32 Å². The van der Waals surface area contributed by atoms with Crippen LogP contribution in [0.3, 0.4) is 0 Å². The second-order valence-corrected chi connectivity index (χ2v) is 5.94. The van der Waals surface area contributed by atoms with Gasteiger partial charge in [-0.2, -0.15) is 0 Å². The van der Waals surface area contributed by atoms with E-state index in [-0.39, 0.29) is 11.5 Å². The summed E-state index contributed by atoms with van der Waals surface area (Å²) >= 11 is 6.20. The molecule has 0 spiro atoms. The van der Waals surface area contributed by atoms with Gasteiger partial charge in [-0.1, -0.05) is 67.9 Å². The summed E-state index contributed by atoms with van der Waals surface area (Å²) in [6, 6.07) is 19.2. The molecule has 0 bridgehead atoms. The van der Waals surface area contributed by atoms with Crippen molar-refractivity contribution in [3.63, 3.8) is 0 Å². The Morgan fingerprint density at radius 3 is 2.19 bits per heavy atom. The molecule has 1 N–H and O–H groups in total. The average Bonchev–Trinajstić information content (AvgIpc) is 2.53. The maximum Gasteiger partial charge on any atom is 0.0416 e. The van der Waals surface area contributed by atoms with Crippen LogP contribution in [-0.4, -0.2) is 7.05 Å². The second kappa shape index (κ2) is 7.11. The predicted octanol–water partition coefficient (Wildman–Crippen LogP) is 5.36. The first-order valence-electron chi connectivity index (χ1n) is 7.66. The fourth-order valence-corrected chi connectivity index (χ4v) is 3.65. The molecule has 112 valence electrons. The van der Waals surface area contributed by atoms with Crippen LogP contribution in [0.1, 0.15) is 43.9 Å². The van der Waals surface area contributed by atoms with Crippen molar-refractivity contribution in [3.8, 4) is 0 Å². The molecule has 1 atom stereocenters. The molecule has 1 unspecified atom stereocenters. The highest BCUT2D eigenvalue weighted by Crippen LogP contribution is 2.43. The molecule has 21 heavy (non-hydrogen) atoms. The Kier molecular flexibility index (Phi) is 5.44. The van der Waals surface area contributed by atoms with Crippen LogP contribution < -0.4 is 5.32 Å². The van der Waals surface area contributed by atoms with Crippen LogP contribution in [0, 0.1) is 0 Å². The van der Waals surface area contributed by atoms with Crippen LogP contribution >= 0.6 is 11.6 Å². The summed E-state index contributed by atoms with van der Waals surface area (Å²) in [6.07, 6.45) is 2.15. The fraction of sp³-hybridized carbons (Fsp3) is 0.368. The van der Waals surface area contributed by atoms with E-state index in [0.29, 0.717) is 0 Å². The molecule has 0 radical (unpaired) electrons. The summed E-state index contributed by atoms with van der Waals surface area (Å²) in [4.78, 5) is 0. The van der Waals surface area contributed by atoms with E-state index in [4.69, 9.17) is 11.6 Å². The zero-order chi connectivity index (χ0) is 15.3. The molecule has 0 aromatic heterocycles. The number of hydrogen-bond donors (Lipinski definition) is 1. The van der Waals surface area contributed by atoms with Crippen molar-refractivity contribution in [1.29, 1.82) is 0 Å². The summed E-state index contributed by atoms with van der Waals surface area (Å²) < 4.78 is 0. The average molecular weight is 302 g/mol. The molecule has 0 aliphatic rings. The van der Waals surface area contributed by atoms with Gasteiger partial charge in [-0.05, 0) is 43.1 Å². The van der Waals surface area contributed by atoms with Gasteiger partial charge < -0.3 is 5.32 Å². The zero-order valence-electron chi connectivity index (χ0n) is 13.1. The summed E-state index contributed by atoms with van der Waals surface area (Å²) in [5.41, 5.74) is 2.70. The van der Waals surface area contributed by atoms with E-state index in [2.05, 4.69) is 61.6 Å². The first kappa shape index (κ1) is 16.1. The molecule has 0 heterocycles. The molecule has 0 amide bonds. The highest BCUT2D eigenvalue weighted by Gasteiger charge is 2.37. The number of rotatable bonds is 6. The van der Waals surface area contributed by atoms with Gasteiger partial charge in [-0.15, -0.1) is 0 Å². The summed E-state index contributed by atoms with van der Waals surface area (Å²) in [5.74, 6) is 0. The smallest absolute Gasteiger partial charge is 0.0416 e. The van der Waals surface area contributed by atoms with Crippen molar-refractivity contribution in [2.45, 2.75) is 38.1 Å². The van der Waals surface area contributed by atoms with Gasteiger partial charge in [0.05, 0.1) is 0 Å². The Hall–Kier alpha value is -1.31. The Morgan fingerprint density at radius 1 is 1.00 bits per heavy atom. The highest BCUT2D eigenvalue weighted by molar-refractivity contribution is 6.30. The Morgan fingerprint density at radius 2 is 1.67 bits per heavy atom. The summed E-state index contributed by atoms with van der Waals surface area (Å²) in [5, 5.41) is 4.32. The maximum absolute atomic E-state index is 6.20. The van der Waals surface area contributed by atoms with Gasteiger partial charge in [0.2, 0.25) is 0 Å². The predicted molar refractivity (Wildman–Crippen MR) is 92.0 cm³/mol. The molecule has 0 saturated carbocycles. The first-order valence-corrected chi connectivity index (χ1v) is 8.04. The Balaban J connectivity index is 2.54. The topological polar surface area (TPSA) is 12.0 Å². The zero-order valence-corrected chi connectivity index (χ0v) is 13.8. The van der Waals surface area contributed by atoms with E-state index in [1.807, 2.05) is 19.2 Å². The van der Waals surface area contributed by atoms with Crippen LogP contribution in [0.25, 0.3) is 0 Å². The minimum atomic E-state index is 0.0701. The quantitative estimate of drug-likeness (QED) is 0.757. The van der Waals surface area contributed by atoms with Crippen molar-refractivity contribution in [3.05, 3.63) is 70.7 Å². The van der Waals surface area contributed by atoms with Gasteiger partial charge in [-0.25, -0.2) is 0 Å². The molecule has 2 heteroatoms. The van der Waals surface area contributed by atoms with Gasteiger partial charge in [0.25, 0.3) is 0 Å². The van der Waals surface area contributed by atoms with Crippen LogP contribution in [-0.2, 0) is 5.41 Å². The van der Waals surface area contributed by atoms with Crippen molar-refractivity contribution < 1.29 is 0 Å². The largest absolute Gasteiger partial charge is 0.312 e. The number of hydrogen-bond acceptors (Lipinski definition) is 1. The van der Waals surface area contributed by atoms with Gasteiger partial charge in [-0.3, -0.25) is 0 Å². The third-order valence-electron chi connectivity index (χ3n) is 4.63. The maximum atomic E-state index is 6.20. The van der Waals surface area contributed by atoms with E-state index in [0.717, 1.165) is 17.9 Å². The van der Waals surface area contributed by atoms with Crippen LogP contribution in [0.5, 0.6) is 0 Å². The van der Waals surface area contributed by atoms with Gasteiger partial charge in [0.15, 0.2) is 0 Å². The molecular weight excluding hydrogens is 278 g/mol. The van der Waals surface area contributed by atoms with E-state index in [9.17, 15) is 0 Å². The third kappa shape index (κ3) is 3.14.